The van der Waals surface area contributed by atoms with Gasteiger partial charge in [0.05, 0.1) is 12.6 Å². The Hall–Kier alpha value is -0.750. The van der Waals surface area contributed by atoms with Gasteiger partial charge in [-0.25, -0.2) is 0 Å². The van der Waals surface area contributed by atoms with Crippen LogP contribution in [-0.2, 0) is 9.59 Å². The third-order valence-electron chi connectivity index (χ3n) is 2.47. The van der Waals surface area contributed by atoms with Crippen LogP contribution in [0.2, 0.25) is 0 Å². The van der Waals surface area contributed by atoms with Crippen LogP contribution in [0.25, 0.3) is 0 Å². The number of thioether (sulfide) groups is 1. The first-order valence-corrected chi connectivity index (χ1v) is 7.06. The van der Waals surface area contributed by atoms with E-state index < -0.39 is 6.04 Å². The Balaban J connectivity index is 4.34. The normalized spacial score (nSPS) is 12.1. The maximum Gasteiger partial charge on any atom is 0.241 e. The van der Waals surface area contributed by atoms with Gasteiger partial charge in [-0.3, -0.25) is 9.59 Å². The molecule has 0 unspecified atom stereocenters. The summed E-state index contributed by atoms with van der Waals surface area (Å²) in [6.07, 6.45) is 2.62. The highest BCUT2D eigenvalue weighted by atomic mass is 32.2. The lowest BCUT2D eigenvalue weighted by Crippen LogP contribution is -2.47. The first-order valence-electron chi connectivity index (χ1n) is 5.67. The zero-order valence-electron chi connectivity index (χ0n) is 11.1. The second-order valence-corrected chi connectivity index (χ2v) is 5.01. The van der Waals surface area contributed by atoms with Gasteiger partial charge in [-0.05, 0) is 25.4 Å². The second kappa shape index (κ2) is 8.36. The van der Waals surface area contributed by atoms with Crippen molar-refractivity contribution in [1.29, 1.82) is 0 Å². The van der Waals surface area contributed by atoms with E-state index >= 15 is 0 Å². The van der Waals surface area contributed by atoms with Crippen molar-refractivity contribution in [2.75, 3.05) is 39.2 Å². The van der Waals surface area contributed by atoms with Crippen LogP contribution in [-0.4, -0.2) is 66.8 Å². The molecule has 100 valence electrons. The van der Waals surface area contributed by atoms with Gasteiger partial charge < -0.3 is 15.5 Å². The molecular formula is C11H23N3O2S. The molecule has 0 saturated carbocycles. The van der Waals surface area contributed by atoms with E-state index in [2.05, 4.69) is 0 Å². The van der Waals surface area contributed by atoms with E-state index in [1.165, 1.54) is 9.80 Å². The van der Waals surface area contributed by atoms with Crippen LogP contribution >= 0.6 is 11.8 Å². The van der Waals surface area contributed by atoms with Gasteiger partial charge in [0.15, 0.2) is 0 Å². The SMILES string of the molecule is CCN(CC(=O)N(C)C)C(=O)[C@@H](N)CCSC. The van der Waals surface area contributed by atoms with E-state index in [0.717, 1.165) is 5.75 Å². The van der Waals surface area contributed by atoms with Crippen LogP contribution in [0.5, 0.6) is 0 Å². The third-order valence-corrected chi connectivity index (χ3v) is 3.11. The van der Waals surface area contributed by atoms with Crippen LogP contribution in [0.1, 0.15) is 13.3 Å². The molecule has 0 bridgehead atoms. The largest absolute Gasteiger partial charge is 0.347 e. The predicted octanol–water partition coefficient (Wildman–Crippen LogP) is 0.00350. The molecule has 1 atom stereocenters. The van der Waals surface area contributed by atoms with Crippen molar-refractivity contribution in [3.8, 4) is 0 Å². The molecule has 0 heterocycles. The summed E-state index contributed by atoms with van der Waals surface area (Å²) < 4.78 is 0. The fraction of sp³-hybridized carbons (Fsp3) is 0.818. The molecular weight excluding hydrogens is 238 g/mol. The fourth-order valence-electron chi connectivity index (χ4n) is 1.25. The molecule has 0 aliphatic heterocycles. The molecule has 0 aromatic heterocycles. The summed E-state index contributed by atoms with van der Waals surface area (Å²) in [6, 6.07) is -0.502. The van der Waals surface area contributed by atoms with Gasteiger partial charge in [0.2, 0.25) is 11.8 Å². The lowest BCUT2D eigenvalue weighted by atomic mass is 10.2. The third kappa shape index (κ3) is 5.93. The summed E-state index contributed by atoms with van der Waals surface area (Å²) in [5.74, 6) is 0.625. The predicted molar refractivity (Wildman–Crippen MR) is 71.9 cm³/mol. The number of likely N-dealkylation sites (N-methyl/N-ethyl adjacent to an activating group) is 2. The van der Waals surface area contributed by atoms with E-state index in [0.29, 0.717) is 13.0 Å². The molecule has 0 spiro atoms. The van der Waals surface area contributed by atoms with Gasteiger partial charge >= 0.3 is 0 Å². The Morgan fingerprint density at radius 1 is 1.35 bits per heavy atom. The molecule has 0 aromatic rings. The van der Waals surface area contributed by atoms with Gasteiger partial charge in [-0.15, -0.1) is 0 Å². The van der Waals surface area contributed by atoms with Crippen molar-refractivity contribution < 1.29 is 9.59 Å². The van der Waals surface area contributed by atoms with Crippen molar-refractivity contribution in [3.05, 3.63) is 0 Å². The summed E-state index contributed by atoms with van der Waals surface area (Å²) in [5.41, 5.74) is 5.80. The van der Waals surface area contributed by atoms with Crippen LogP contribution < -0.4 is 5.73 Å². The molecule has 0 rings (SSSR count). The molecule has 0 radical (unpaired) electrons. The first kappa shape index (κ1) is 16.2. The first-order chi connectivity index (χ1) is 7.93. The number of hydrogen-bond acceptors (Lipinski definition) is 4. The Kier molecular flexibility index (Phi) is 7.99. The monoisotopic (exact) mass is 261 g/mol. The molecule has 5 nitrogen and oxygen atoms in total. The standard InChI is InChI=1S/C11H23N3O2S/c1-5-14(8-10(15)13(2)3)11(16)9(12)6-7-17-4/h9H,5-8,12H2,1-4H3/t9-/m0/s1. The van der Waals surface area contributed by atoms with Crippen molar-refractivity contribution in [3.63, 3.8) is 0 Å². The Morgan fingerprint density at radius 2 is 1.94 bits per heavy atom. The number of amides is 2. The van der Waals surface area contributed by atoms with Crippen LogP contribution in [0.15, 0.2) is 0 Å². The van der Waals surface area contributed by atoms with Crippen molar-refractivity contribution in [2.45, 2.75) is 19.4 Å². The number of nitrogens with two attached hydrogens (primary N) is 1. The minimum atomic E-state index is -0.502. The molecule has 0 saturated heterocycles. The maximum absolute atomic E-state index is 12.0. The highest BCUT2D eigenvalue weighted by molar-refractivity contribution is 7.98. The molecule has 2 N–H and O–H groups in total. The molecule has 6 heteroatoms. The van der Waals surface area contributed by atoms with E-state index in [1.807, 2.05) is 13.2 Å². The Morgan fingerprint density at radius 3 is 2.35 bits per heavy atom. The summed E-state index contributed by atoms with van der Waals surface area (Å²) in [7, 11) is 3.35. The average Bonchev–Trinajstić information content (AvgIpc) is 2.31. The highest BCUT2D eigenvalue weighted by Crippen LogP contribution is 2.03. The Bertz CT molecular complexity index is 259. The van der Waals surface area contributed by atoms with Crippen LogP contribution in [0.3, 0.4) is 0 Å². The van der Waals surface area contributed by atoms with E-state index in [-0.39, 0.29) is 18.4 Å². The molecule has 0 aliphatic carbocycles. The summed E-state index contributed by atoms with van der Waals surface area (Å²) in [6.45, 7) is 2.46. The second-order valence-electron chi connectivity index (χ2n) is 4.03. The topological polar surface area (TPSA) is 66.6 Å². The number of carbonyl (C=O) groups excluding carboxylic acids is 2. The zero-order valence-corrected chi connectivity index (χ0v) is 11.9. The van der Waals surface area contributed by atoms with Crippen molar-refractivity contribution >= 4 is 23.6 Å². The summed E-state index contributed by atoms with van der Waals surface area (Å²) in [5, 5.41) is 0. The van der Waals surface area contributed by atoms with Crippen molar-refractivity contribution in [2.24, 2.45) is 5.73 Å². The number of rotatable bonds is 7. The number of carbonyl (C=O) groups is 2. The van der Waals surface area contributed by atoms with Crippen LogP contribution in [0, 0.1) is 0 Å². The molecule has 0 aliphatic rings. The minimum absolute atomic E-state index is 0.0859. The lowest BCUT2D eigenvalue weighted by molar-refractivity contribution is -0.139. The van der Waals surface area contributed by atoms with Crippen LogP contribution in [0.4, 0.5) is 0 Å². The quantitative estimate of drug-likeness (QED) is 0.701. The van der Waals surface area contributed by atoms with Gasteiger partial charge in [-0.1, -0.05) is 0 Å². The molecule has 17 heavy (non-hydrogen) atoms. The number of hydrogen-bond donors (Lipinski definition) is 1. The number of nitrogens with zero attached hydrogens (tertiary/aromatic N) is 2. The van der Waals surface area contributed by atoms with Gasteiger partial charge in [0.25, 0.3) is 0 Å². The van der Waals surface area contributed by atoms with Gasteiger partial charge in [0, 0.05) is 20.6 Å². The fourth-order valence-corrected chi connectivity index (χ4v) is 1.74. The summed E-state index contributed by atoms with van der Waals surface area (Å²) >= 11 is 1.66. The van der Waals surface area contributed by atoms with Crippen molar-refractivity contribution in [1.82, 2.24) is 9.80 Å². The van der Waals surface area contributed by atoms with Gasteiger partial charge in [-0.2, -0.15) is 11.8 Å². The highest BCUT2D eigenvalue weighted by Gasteiger charge is 2.21. The molecule has 2 amide bonds. The summed E-state index contributed by atoms with van der Waals surface area (Å²) in [4.78, 5) is 26.5. The molecule has 0 aromatic carbocycles. The Labute approximate surface area is 108 Å². The minimum Gasteiger partial charge on any atom is -0.347 e. The van der Waals surface area contributed by atoms with Gasteiger partial charge in [0.1, 0.15) is 0 Å². The molecule has 0 fully saturated rings. The maximum atomic E-state index is 12.0. The average molecular weight is 261 g/mol. The lowest BCUT2D eigenvalue weighted by Gasteiger charge is -2.25. The van der Waals surface area contributed by atoms with E-state index in [1.54, 1.807) is 25.9 Å². The smallest absolute Gasteiger partial charge is 0.241 e. The van der Waals surface area contributed by atoms with E-state index in [4.69, 9.17) is 5.73 Å². The zero-order chi connectivity index (χ0) is 13.4. The van der Waals surface area contributed by atoms with E-state index in [9.17, 15) is 9.59 Å².